The molecule has 2 rings (SSSR count). The molecule has 0 radical (unpaired) electrons. The first kappa shape index (κ1) is 19.0. The van der Waals surface area contributed by atoms with E-state index in [0.29, 0.717) is 6.42 Å². The molecule has 0 N–H and O–H groups in total. The van der Waals surface area contributed by atoms with E-state index >= 15 is 0 Å². The van der Waals surface area contributed by atoms with Gasteiger partial charge in [0.05, 0.1) is 6.67 Å². The minimum absolute atomic E-state index is 0.168. The second-order valence-corrected chi connectivity index (χ2v) is 8.21. The minimum Gasteiger partial charge on any atom is -0.251 e. The predicted octanol–water partition coefficient (Wildman–Crippen LogP) is 7.49. The summed E-state index contributed by atoms with van der Waals surface area (Å²) in [7, 11) is 0. The zero-order chi connectivity index (χ0) is 16.3. The van der Waals surface area contributed by atoms with E-state index in [9.17, 15) is 4.39 Å². The molecule has 0 aromatic heterocycles. The summed E-state index contributed by atoms with van der Waals surface area (Å²) in [5, 5.41) is 0. The molecule has 2 fully saturated rings. The van der Waals surface area contributed by atoms with Crippen molar-refractivity contribution >= 4 is 0 Å². The van der Waals surface area contributed by atoms with Gasteiger partial charge in [-0.15, -0.1) is 0 Å². The van der Waals surface area contributed by atoms with Gasteiger partial charge in [0.25, 0.3) is 0 Å². The Bertz CT molecular complexity index is 306. The first-order chi connectivity index (χ1) is 11.3. The first-order valence-corrected chi connectivity index (χ1v) is 10.6. The molecule has 2 saturated carbocycles. The summed E-state index contributed by atoms with van der Waals surface area (Å²) >= 11 is 0. The van der Waals surface area contributed by atoms with Crippen molar-refractivity contribution in [3.05, 3.63) is 12.2 Å². The van der Waals surface area contributed by atoms with Crippen LogP contribution in [-0.2, 0) is 0 Å². The summed E-state index contributed by atoms with van der Waals surface area (Å²) in [6, 6.07) is 0. The number of allylic oxidation sites excluding steroid dienone is 2. The summed E-state index contributed by atoms with van der Waals surface area (Å²) in [5.74, 6) is 3.89. The molecule has 23 heavy (non-hydrogen) atoms. The molecule has 0 bridgehead atoms. The van der Waals surface area contributed by atoms with Crippen LogP contribution >= 0.6 is 0 Å². The van der Waals surface area contributed by atoms with E-state index in [2.05, 4.69) is 19.1 Å². The fourth-order valence-corrected chi connectivity index (χ4v) is 4.92. The Labute approximate surface area is 144 Å². The number of hydrogen-bond donors (Lipinski definition) is 0. The highest BCUT2D eigenvalue weighted by Gasteiger charge is 2.30. The number of halogens is 1. The third-order valence-electron chi connectivity index (χ3n) is 6.50. The van der Waals surface area contributed by atoms with Gasteiger partial charge in [-0.1, -0.05) is 57.6 Å². The second-order valence-electron chi connectivity index (χ2n) is 8.21. The second kappa shape index (κ2) is 11.3. The van der Waals surface area contributed by atoms with Crippen molar-refractivity contribution in [2.75, 3.05) is 6.67 Å². The first-order valence-electron chi connectivity index (χ1n) is 10.6. The molecule has 2 aliphatic rings. The lowest BCUT2D eigenvalue weighted by molar-refractivity contribution is 0.151. The fraction of sp³-hybridized carbons (Fsp3) is 0.909. The molecule has 0 nitrogen and oxygen atoms in total. The van der Waals surface area contributed by atoms with Crippen molar-refractivity contribution in [3.63, 3.8) is 0 Å². The van der Waals surface area contributed by atoms with Gasteiger partial charge in [0, 0.05) is 0 Å². The molecule has 0 spiro atoms. The van der Waals surface area contributed by atoms with Crippen molar-refractivity contribution in [2.45, 2.75) is 96.8 Å². The Balaban J connectivity index is 1.60. The Morgan fingerprint density at radius 3 is 2.09 bits per heavy atom. The van der Waals surface area contributed by atoms with Crippen molar-refractivity contribution < 1.29 is 4.39 Å². The zero-order valence-electron chi connectivity index (χ0n) is 15.4. The Kier molecular flexibility index (Phi) is 9.31. The van der Waals surface area contributed by atoms with Crippen LogP contribution in [0.25, 0.3) is 0 Å². The SMILES string of the molecule is CCCCC[C@H]1CC[C@H]([C@H]2CC[C@H](C=CCCCF)CC2)CC1. The molecule has 0 amide bonds. The van der Waals surface area contributed by atoms with Crippen LogP contribution in [0.15, 0.2) is 12.2 Å². The molecule has 0 heterocycles. The van der Waals surface area contributed by atoms with Crippen LogP contribution in [0, 0.1) is 23.7 Å². The summed E-state index contributed by atoms with van der Waals surface area (Å²) < 4.78 is 12.1. The standard InChI is InChI=1S/C22H39F/c1-2-3-5-8-19-10-14-21(15-11-19)22-16-12-20(13-17-22)9-6-4-7-18-23/h6,9,19-22H,2-5,7-8,10-18H2,1H3/t19-,20-,21-,22-. The van der Waals surface area contributed by atoms with Crippen LogP contribution in [0.4, 0.5) is 4.39 Å². The van der Waals surface area contributed by atoms with Crippen LogP contribution in [0.1, 0.15) is 96.8 Å². The maximum absolute atomic E-state index is 12.1. The van der Waals surface area contributed by atoms with E-state index in [1.54, 1.807) is 0 Å². The lowest BCUT2D eigenvalue weighted by atomic mass is 9.68. The van der Waals surface area contributed by atoms with Crippen molar-refractivity contribution in [1.82, 2.24) is 0 Å². The van der Waals surface area contributed by atoms with Gasteiger partial charge >= 0.3 is 0 Å². The van der Waals surface area contributed by atoms with Gasteiger partial charge in [-0.3, -0.25) is 4.39 Å². The fourth-order valence-electron chi connectivity index (χ4n) is 4.92. The molecular formula is C22H39F. The molecule has 0 saturated heterocycles. The topological polar surface area (TPSA) is 0 Å². The van der Waals surface area contributed by atoms with E-state index in [-0.39, 0.29) is 6.67 Å². The van der Waals surface area contributed by atoms with E-state index in [0.717, 1.165) is 30.1 Å². The molecule has 0 aliphatic heterocycles. The van der Waals surface area contributed by atoms with Crippen LogP contribution in [0.5, 0.6) is 0 Å². The third-order valence-corrected chi connectivity index (χ3v) is 6.50. The van der Waals surface area contributed by atoms with Gasteiger partial charge in [0.2, 0.25) is 0 Å². The predicted molar refractivity (Wildman–Crippen MR) is 99.4 cm³/mol. The normalized spacial score (nSPS) is 32.4. The summed E-state index contributed by atoms with van der Waals surface area (Å²) in [6.45, 7) is 2.14. The smallest absolute Gasteiger partial charge is 0.0897 e. The molecular weight excluding hydrogens is 283 g/mol. The minimum atomic E-state index is -0.168. The van der Waals surface area contributed by atoms with Gasteiger partial charge in [0.1, 0.15) is 0 Å². The summed E-state index contributed by atoms with van der Waals surface area (Å²) in [4.78, 5) is 0. The highest BCUT2D eigenvalue weighted by Crippen LogP contribution is 2.42. The number of unbranched alkanes of at least 4 members (excludes halogenated alkanes) is 3. The monoisotopic (exact) mass is 322 g/mol. The van der Waals surface area contributed by atoms with Crippen molar-refractivity contribution in [3.8, 4) is 0 Å². The van der Waals surface area contributed by atoms with Crippen LogP contribution in [0.2, 0.25) is 0 Å². The number of rotatable bonds is 9. The molecule has 0 atom stereocenters. The highest BCUT2D eigenvalue weighted by molar-refractivity contribution is 4.92. The quantitative estimate of drug-likeness (QED) is 0.305. The lowest BCUT2D eigenvalue weighted by Gasteiger charge is -2.37. The van der Waals surface area contributed by atoms with E-state index in [4.69, 9.17) is 0 Å². The molecule has 2 aliphatic carbocycles. The number of alkyl halides is 1. The van der Waals surface area contributed by atoms with Gasteiger partial charge in [-0.05, 0) is 75.0 Å². The van der Waals surface area contributed by atoms with Gasteiger partial charge < -0.3 is 0 Å². The molecule has 134 valence electrons. The average Bonchev–Trinajstić information content (AvgIpc) is 2.60. The van der Waals surface area contributed by atoms with Crippen molar-refractivity contribution in [2.24, 2.45) is 23.7 Å². The summed E-state index contributed by atoms with van der Waals surface area (Å²) in [6.07, 6.45) is 23.7. The molecule has 0 aromatic rings. The van der Waals surface area contributed by atoms with E-state index < -0.39 is 0 Å². The molecule has 1 heteroatoms. The van der Waals surface area contributed by atoms with E-state index in [1.165, 1.54) is 77.0 Å². The molecule has 0 aromatic carbocycles. The average molecular weight is 323 g/mol. The Hall–Kier alpha value is -0.330. The van der Waals surface area contributed by atoms with Crippen LogP contribution in [0.3, 0.4) is 0 Å². The number of hydrogen-bond acceptors (Lipinski definition) is 0. The van der Waals surface area contributed by atoms with Gasteiger partial charge in [-0.25, -0.2) is 0 Å². The highest BCUT2D eigenvalue weighted by atomic mass is 19.1. The lowest BCUT2D eigenvalue weighted by Crippen LogP contribution is -2.25. The van der Waals surface area contributed by atoms with Gasteiger partial charge in [0.15, 0.2) is 0 Å². The van der Waals surface area contributed by atoms with Crippen LogP contribution in [-0.4, -0.2) is 6.67 Å². The van der Waals surface area contributed by atoms with E-state index in [1.807, 2.05) is 0 Å². The molecule has 0 unspecified atom stereocenters. The summed E-state index contributed by atoms with van der Waals surface area (Å²) in [5.41, 5.74) is 0. The van der Waals surface area contributed by atoms with Crippen LogP contribution < -0.4 is 0 Å². The maximum atomic E-state index is 12.1. The maximum Gasteiger partial charge on any atom is 0.0897 e. The third kappa shape index (κ3) is 6.98. The van der Waals surface area contributed by atoms with Gasteiger partial charge in [-0.2, -0.15) is 0 Å². The largest absolute Gasteiger partial charge is 0.251 e. The Morgan fingerprint density at radius 1 is 0.826 bits per heavy atom. The zero-order valence-corrected chi connectivity index (χ0v) is 15.4. The van der Waals surface area contributed by atoms with Crippen molar-refractivity contribution in [1.29, 1.82) is 0 Å². The Morgan fingerprint density at radius 2 is 1.48 bits per heavy atom.